The van der Waals surface area contributed by atoms with E-state index in [0.717, 1.165) is 0 Å². The van der Waals surface area contributed by atoms with Crippen LogP contribution >= 0.6 is 0 Å². The van der Waals surface area contributed by atoms with E-state index in [-0.39, 0.29) is 29.8 Å². The van der Waals surface area contributed by atoms with Gasteiger partial charge in [0.15, 0.2) is 0 Å². The standard InChI is InChI=1S/C25H33N3O4/c1-18(2)16-28(19-13-15-27(17-19)24(30)32-25(3,4)5)23(29)21-12-9-14-26-22(21)31-20-10-7-6-8-11-20/h6-12,14,18-19H,13,15-17H2,1-5H3/t19-/m0/s1. The van der Waals surface area contributed by atoms with Crippen LogP contribution in [0.15, 0.2) is 48.7 Å². The molecule has 7 heteroatoms. The molecule has 2 aromatic rings. The highest BCUT2D eigenvalue weighted by molar-refractivity contribution is 5.96. The fraction of sp³-hybridized carbons (Fsp3) is 0.480. The second-order valence-electron chi connectivity index (χ2n) is 9.49. The van der Waals surface area contributed by atoms with Crippen LogP contribution in [-0.4, -0.2) is 58.1 Å². The highest BCUT2D eigenvalue weighted by Gasteiger charge is 2.36. The van der Waals surface area contributed by atoms with Gasteiger partial charge in [-0.15, -0.1) is 0 Å². The third-order valence-corrected chi connectivity index (χ3v) is 5.04. The molecule has 0 saturated carbocycles. The maximum atomic E-state index is 13.7. The Morgan fingerprint density at radius 1 is 1.16 bits per heavy atom. The van der Waals surface area contributed by atoms with Gasteiger partial charge >= 0.3 is 6.09 Å². The maximum Gasteiger partial charge on any atom is 0.410 e. The molecule has 1 aliphatic heterocycles. The lowest BCUT2D eigenvalue weighted by Gasteiger charge is -2.31. The quantitative estimate of drug-likeness (QED) is 0.635. The number of likely N-dealkylation sites (tertiary alicyclic amines) is 1. The number of benzene rings is 1. The Balaban J connectivity index is 1.80. The summed E-state index contributed by atoms with van der Waals surface area (Å²) in [6, 6.07) is 12.7. The Morgan fingerprint density at radius 3 is 2.53 bits per heavy atom. The average molecular weight is 440 g/mol. The van der Waals surface area contributed by atoms with Crippen LogP contribution in [0.4, 0.5) is 4.79 Å². The van der Waals surface area contributed by atoms with Gasteiger partial charge < -0.3 is 19.3 Å². The largest absolute Gasteiger partial charge is 0.444 e. The molecule has 1 fully saturated rings. The van der Waals surface area contributed by atoms with Crippen molar-refractivity contribution in [2.45, 2.75) is 52.7 Å². The zero-order valence-corrected chi connectivity index (χ0v) is 19.6. The van der Waals surface area contributed by atoms with Crippen LogP contribution in [0, 0.1) is 5.92 Å². The number of hydrogen-bond donors (Lipinski definition) is 0. The molecular weight excluding hydrogens is 406 g/mol. The van der Waals surface area contributed by atoms with Gasteiger partial charge in [-0.1, -0.05) is 32.0 Å². The highest BCUT2D eigenvalue weighted by Crippen LogP contribution is 2.27. The number of hydrogen-bond acceptors (Lipinski definition) is 5. The SMILES string of the molecule is CC(C)CN(C(=O)c1cccnc1Oc1ccccc1)[C@H]1CCN(C(=O)OC(C)(C)C)C1. The minimum atomic E-state index is -0.554. The molecule has 7 nitrogen and oxygen atoms in total. The lowest BCUT2D eigenvalue weighted by Crippen LogP contribution is -2.45. The topological polar surface area (TPSA) is 72.0 Å². The van der Waals surface area contributed by atoms with E-state index in [2.05, 4.69) is 18.8 Å². The van der Waals surface area contributed by atoms with Gasteiger partial charge in [-0.3, -0.25) is 4.79 Å². The molecular formula is C25H33N3O4. The summed E-state index contributed by atoms with van der Waals surface area (Å²) in [5, 5.41) is 0. The van der Waals surface area contributed by atoms with Crippen molar-refractivity contribution in [3.63, 3.8) is 0 Å². The average Bonchev–Trinajstić information content (AvgIpc) is 3.22. The molecule has 3 rings (SSSR count). The second kappa shape index (κ2) is 10.0. The number of pyridine rings is 1. The van der Waals surface area contributed by atoms with Crippen LogP contribution in [0.1, 0.15) is 51.4 Å². The van der Waals surface area contributed by atoms with Crippen LogP contribution in [0.3, 0.4) is 0 Å². The van der Waals surface area contributed by atoms with E-state index in [1.165, 1.54) is 0 Å². The van der Waals surface area contributed by atoms with Crippen molar-refractivity contribution in [1.82, 2.24) is 14.8 Å². The first-order valence-corrected chi connectivity index (χ1v) is 11.1. The Labute approximate surface area is 190 Å². The first-order chi connectivity index (χ1) is 15.1. The molecule has 0 N–H and O–H groups in total. The van der Waals surface area contributed by atoms with Crippen molar-refractivity contribution in [1.29, 1.82) is 0 Å². The monoisotopic (exact) mass is 439 g/mol. The van der Waals surface area contributed by atoms with Crippen LogP contribution < -0.4 is 4.74 Å². The zero-order valence-electron chi connectivity index (χ0n) is 19.6. The van der Waals surface area contributed by atoms with Crippen molar-refractivity contribution in [2.24, 2.45) is 5.92 Å². The predicted octanol–water partition coefficient (Wildman–Crippen LogP) is 4.98. The third kappa shape index (κ3) is 6.22. The molecule has 32 heavy (non-hydrogen) atoms. The third-order valence-electron chi connectivity index (χ3n) is 5.04. The molecule has 0 radical (unpaired) electrons. The Morgan fingerprint density at radius 2 is 1.88 bits per heavy atom. The first kappa shape index (κ1) is 23.6. The van der Waals surface area contributed by atoms with Crippen molar-refractivity contribution >= 4 is 12.0 Å². The summed E-state index contributed by atoms with van der Waals surface area (Å²) in [4.78, 5) is 34.0. The van der Waals surface area contributed by atoms with Crippen molar-refractivity contribution in [3.05, 3.63) is 54.2 Å². The van der Waals surface area contributed by atoms with Crippen molar-refractivity contribution in [3.8, 4) is 11.6 Å². The fourth-order valence-electron chi connectivity index (χ4n) is 3.67. The molecule has 1 aromatic carbocycles. The molecule has 1 atom stereocenters. The Bertz CT molecular complexity index is 924. The predicted molar refractivity (Wildman–Crippen MR) is 123 cm³/mol. The van der Waals surface area contributed by atoms with E-state index in [0.29, 0.717) is 37.4 Å². The smallest absolute Gasteiger partial charge is 0.410 e. The molecule has 2 heterocycles. The number of aromatic nitrogens is 1. The van der Waals surface area contributed by atoms with Crippen LogP contribution in [0.25, 0.3) is 0 Å². The molecule has 0 bridgehead atoms. The molecule has 1 saturated heterocycles. The Kier molecular flexibility index (Phi) is 7.38. The summed E-state index contributed by atoms with van der Waals surface area (Å²) in [7, 11) is 0. The van der Waals surface area contributed by atoms with Gasteiger partial charge in [-0.2, -0.15) is 0 Å². The van der Waals surface area contributed by atoms with Gasteiger partial charge in [0.1, 0.15) is 16.9 Å². The van der Waals surface area contributed by atoms with Gasteiger partial charge in [-0.25, -0.2) is 9.78 Å². The second-order valence-corrected chi connectivity index (χ2v) is 9.49. The van der Waals surface area contributed by atoms with Crippen molar-refractivity contribution in [2.75, 3.05) is 19.6 Å². The minimum Gasteiger partial charge on any atom is -0.444 e. The van der Waals surface area contributed by atoms with E-state index in [9.17, 15) is 9.59 Å². The van der Waals surface area contributed by atoms with Gasteiger partial charge in [0.05, 0.1) is 6.04 Å². The van der Waals surface area contributed by atoms with E-state index < -0.39 is 5.60 Å². The van der Waals surface area contributed by atoms with E-state index in [1.54, 1.807) is 23.2 Å². The van der Waals surface area contributed by atoms with Gasteiger partial charge in [0, 0.05) is 25.8 Å². The summed E-state index contributed by atoms with van der Waals surface area (Å²) < 4.78 is 11.4. The lowest BCUT2D eigenvalue weighted by molar-refractivity contribution is 0.0273. The molecule has 2 amide bonds. The summed E-state index contributed by atoms with van der Waals surface area (Å²) in [5.74, 6) is 1.02. The number of carbonyl (C=O) groups is 2. The molecule has 172 valence electrons. The van der Waals surface area contributed by atoms with Crippen molar-refractivity contribution < 1.29 is 19.1 Å². The van der Waals surface area contributed by atoms with Gasteiger partial charge in [-0.05, 0) is 57.4 Å². The van der Waals surface area contributed by atoms with E-state index in [4.69, 9.17) is 9.47 Å². The maximum absolute atomic E-state index is 13.7. The molecule has 0 spiro atoms. The van der Waals surface area contributed by atoms with E-state index >= 15 is 0 Å². The number of amides is 2. The number of rotatable bonds is 6. The molecule has 1 aliphatic rings. The number of ether oxygens (including phenoxy) is 2. The van der Waals surface area contributed by atoms with Gasteiger partial charge in [0.25, 0.3) is 5.91 Å². The normalized spacial score (nSPS) is 16.2. The summed E-state index contributed by atoms with van der Waals surface area (Å²) in [6.07, 6.45) is 1.97. The zero-order chi connectivity index (χ0) is 23.3. The first-order valence-electron chi connectivity index (χ1n) is 11.1. The molecule has 1 aromatic heterocycles. The fourth-order valence-corrected chi connectivity index (χ4v) is 3.67. The number of nitrogens with zero attached hydrogens (tertiary/aromatic N) is 3. The number of carbonyl (C=O) groups excluding carboxylic acids is 2. The summed E-state index contributed by atoms with van der Waals surface area (Å²) in [6.45, 7) is 11.3. The molecule has 0 aliphatic carbocycles. The van der Waals surface area contributed by atoms with Crippen LogP contribution in [0.2, 0.25) is 0 Å². The lowest BCUT2D eigenvalue weighted by atomic mass is 10.1. The van der Waals surface area contributed by atoms with E-state index in [1.807, 2.05) is 56.0 Å². The van der Waals surface area contributed by atoms with Gasteiger partial charge in [0.2, 0.25) is 5.88 Å². The highest BCUT2D eigenvalue weighted by atomic mass is 16.6. The summed E-state index contributed by atoms with van der Waals surface area (Å²) >= 11 is 0. The minimum absolute atomic E-state index is 0.0952. The molecule has 0 unspecified atom stereocenters. The summed E-state index contributed by atoms with van der Waals surface area (Å²) in [5.41, 5.74) is -0.144. The number of para-hydroxylation sites is 1. The Hall–Kier alpha value is -3.09. The van der Waals surface area contributed by atoms with Crippen LogP contribution in [0.5, 0.6) is 11.6 Å². The van der Waals surface area contributed by atoms with Crippen LogP contribution in [-0.2, 0) is 4.74 Å².